The SMILES string of the molecule is CC(Sc1ncccc1C(=O)O)C(=O)Nc1ccccc1F. The second-order valence-electron chi connectivity index (χ2n) is 4.39. The van der Waals surface area contributed by atoms with Gasteiger partial charge >= 0.3 is 5.97 Å². The number of aromatic carboxylic acids is 1. The minimum Gasteiger partial charge on any atom is -0.478 e. The Balaban J connectivity index is 2.09. The molecule has 1 aromatic heterocycles. The summed E-state index contributed by atoms with van der Waals surface area (Å²) in [5, 5.41) is 11.2. The average molecular weight is 320 g/mol. The van der Waals surface area contributed by atoms with E-state index in [1.54, 1.807) is 13.0 Å². The number of amides is 1. The van der Waals surface area contributed by atoms with E-state index in [2.05, 4.69) is 10.3 Å². The normalized spacial score (nSPS) is 11.7. The summed E-state index contributed by atoms with van der Waals surface area (Å²) in [5.41, 5.74) is 0.109. The quantitative estimate of drug-likeness (QED) is 0.828. The van der Waals surface area contributed by atoms with E-state index in [0.29, 0.717) is 0 Å². The van der Waals surface area contributed by atoms with Crippen LogP contribution < -0.4 is 5.32 Å². The van der Waals surface area contributed by atoms with Crippen molar-refractivity contribution in [3.8, 4) is 0 Å². The van der Waals surface area contributed by atoms with E-state index in [1.165, 1.54) is 36.5 Å². The molecule has 2 rings (SSSR count). The molecule has 1 heterocycles. The fraction of sp³-hybridized carbons (Fsp3) is 0.133. The third-order valence-electron chi connectivity index (χ3n) is 2.79. The van der Waals surface area contributed by atoms with Crippen LogP contribution in [-0.4, -0.2) is 27.2 Å². The van der Waals surface area contributed by atoms with Crippen molar-refractivity contribution in [1.82, 2.24) is 4.98 Å². The highest BCUT2D eigenvalue weighted by molar-refractivity contribution is 8.00. The van der Waals surface area contributed by atoms with Crippen molar-refractivity contribution >= 4 is 29.3 Å². The number of thioether (sulfide) groups is 1. The number of pyridine rings is 1. The molecule has 0 radical (unpaired) electrons. The van der Waals surface area contributed by atoms with Crippen LogP contribution in [0.5, 0.6) is 0 Å². The van der Waals surface area contributed by atoms with Gasteiger partial charge in [-0.2, -0.15) is 0 Å². The summed E-state index contributed by atoms with van der Waals surface area (Å²) >= 11 is 1.01. The monoisotopic (exact) mass is 320 g/mol. The molecule has 1 amide bonds. The third-order valence-corrected chi connectivity index (χ3v) is 3.91. The first-order valence-corrected chi connectivity index (χ1v) is 7.27. The number of hydrogen-bond donors (Lipinski definition) is 2. The van der Waals surface area contributed by atoms with Crippen LogP contribution in [0.2, 0.25) is 0 Å². The van der Waals surface area contributed by atoms with Gasteiger partial charge in [0, 0.05) is 6.20 Å². The molecule has 1 atom stereocenters. The molecule has 0 aliphatic rings. The van der Waals surface area contributed by atoms with Gasteiger partial charge in [0.05, 0.1) is 16.5 Å². The third kappa shape index (κ3) is 3.82. The Labute approximate surface area is 130 Å². The minimum atomic E-state index is -1.11. The van der Waals surface area contributed by atoms with Crippen LogP contribution in [0.1, 0.15) is 17.3 Å². The topological polar surface area (TPSA) is 79.3 Å². The number of nitrogens with one attached hydrogen (secondary N) is 1. The van der Waals surface area contributed by atoms with Crippen LogP contribution >= 0.6 is 11.8 Å². The number of aromatic nitrogens is 1. The van der Waals surface area contributed by atoms with Crippen molar-refractivity contribution in [1.29, 1.82) is 0 Å². The highest BCUT2D eigenvalue weighted by atomic mass is 32.2. The van der Waals surface area contributed by atoms with Gasteiger partial charge in [-0.1, -0.05) is 23.9 Å². The Bertz CT molecular complexity index is 709. The van der Waals surface area contributed by atoms with Gasteiger partial charge in [-0.15, -0.1) is 0 Å². The molecular formula is C15H13FN2O3S. The predicted molar refractivity (Wildman–Crippen MR) is 81.5 cm³/mol. The Morgan fingerprint density at radius 3 is 2.68 bits per heavy atom. The maximum Gasteiger partial charge on any atom is 0.338 e. The van der Waals surface area contributed by atoms with Gasteiger partial charge < -0.3 is 10.4 Å². The lowest BCUT2D eigenvalue weighted by atomic mass is 10.3. The minimum absolute atomic E-state index is 0.0260. The van der Waals surface area contributed by atoms with E-state index in [1.807, 2.05) is 0 Å². The van der Waals surface area contributed by atoms with Gasteiger partial charge in [-0.05, 0) is 31.2 Å². The van der Waals surface area contributed by atoms with Gasteiger partial charge in [-0.25, -0.2) is 14.2 Å². The molecule has 2 N–H and O–H groups in total. The van der Waals surface area contributed by atoms with E-state index in [4.69, 9.17) is 5.11 Å². The average Bonchev–Trinajstić information content (AvgIpc) is 2.49. The number of para-hydroxylation sites is 1. The first kappa shape index (κ1) is 16.0. The Hall–Kier alpha value is -2.41. The lowest BCUT2D eigenvalue weighted by molar-refractivity contribution is -0.115. The van der Waals surface area contributed by atoms with Crippen LogP contribution in [0.25, 0.3) is 0 Å². The zero-order valence-corrected chi connectivity index (χ0v) is 12.4. The number of carbonyl (C=O) groups is 2. The van der Waals surface area contributed by atoms with Crippen LogP contribution in [-0.2, 0) is 4.79 Å². The zero-order valence-electron chi connectivity index (χ0n) is 11.6. The molecule has 5 nitrogen and oxygen atoms in total. The smallest absolute Gasteiger partial charge is 0.338 e. The van der Waals surface area contributed by atoms with Gasteiger partial charge in [0.1, 0.15) is 10.8 Å². The fourth-order valence-corrected chi connectivity index (χ4v) is 2.57. The van der Waals surface area contributed by atoms with Crippen LogP contribution in [0.4, 0.5) is 10.1 Å². The largest absolute Gasteiger partial charge is 0.478 e. The van der Waals surface area contributed by atoms with Crippen LogP contribution in [0.15, 0.2) is 47.6 Å². The molecule has 1 aromatic carbocycles. The molecule has 22 heavy (non-hydrogen) atoms. The zero-order chi connectivity index (χ0) is 16.1. The van der Waals surface area contributed by atoms with Crippen molar-refractivity contribution < 1.29 is 19.1 Å². The molecule has 0 bridgehead atoms. The van der Waals surface area contributed by atoms with Crippen molar-refractivity contribution in [2.75, 3.05) is 5.32 Å². The van der Waals surface area contributed by atoms with Gasteiger partial charge in [-0.3, -0.25) is 4.79 Å². The number of rotatable bonds is 5. The molecule has 0 spiro atoms. The number of carboxylic acids is 1. The van der Waals surface area contributed by atoms with E-state index in [-0.39, 0.29) is 16.3 Å². The van der Waals surface area contributed by atoms with Gasteiger partial charge in [0.15, 0.2) is 0 Å². The van der Waals surface area contributed by atoms with E-state index < -0.39 is 22.9 Å². The van der Waals surface area contributed by atoms with Crippen molar-refractivity contribution in [2.45, 2.75) is 17.2 Å². The molecule has 0 fully saturated rings. The summed E-state index contributed by atoms with van der Waals surface area (Å²) in [7, 11) is 0. The lowest BCUT2D eigenvalue weighted by Crippen LogP contribution is -2.23. The molecule has 0 saturated carbocycles. The Morgan fingerprint density at radius 2 is 2.00 bits per heavy atom. The van der Waals surface area contributed by atoms with Gasteiger partial charge in [0.2, 0.25) is 5.91 Å². The highest BCUT2D eigenvalue weighted by Crippen LogP contribution is 2.26. The summed E-state index contributed by atoms with van der Waals surface area (Å²) in [6.07, 6.45) is 1.45. The van der Waals surface area contributed by atoms with E-state index in [0.717, 1.165) is 11.8 Å². The summed E-state index contributed by atoms with van der Waals surface area (Å²) in [6, 6.07) is 8.76. The van der Waals surface area contributed by atoms with E-state index >= 15 is 0 Å². The van der Waals surface area contributed by atoms with Crippen molar-refractivity contribution in [2.24, 2.45) is 0 Å². The van der Waals surface area contributed by atoms with Crippen LogP contribution in [0, 0.1) is 5.82 Å². The predicted octanol–water partition coefficient (Wildman–Crippen LogP) is 3.04. The van der Waals surface area contributed by atoms with Crippen molar-refractivity contribution in [3.63, 3.8) is 0 Å². The van der Waals surface area contributed by atoms with E-state index in [9.17, 15) is 14.0 Å². The summed E-state index contributed by atoms with van der Waals surface area (Å²) in [5.74, 6) is -2.08. The second kappa shape index (κ2) is 7.04. The first-order valence-electron chi connectivity index (χ1n) is 6.39. The number of hydrogen-bond acceptors (Lipinski definition) is 4. The molecule has 0 aliphatic carbocycles. The maximum atomic E-state index is 13.5. The standard InChI is InChI=1S/C15H13FN2O3S/c1-9(13(19)18-12-7-3-2-6-11(12)16)22-14-10(15(20)21)5-4-8-17-14/h2-9H,1H3,(H,18,19)(H,20,21). The molecule has 114 valence electrons. The molecule has 0 saturated heterocycles. The molecule has 7 heteroatoms. The molecule has 1 unspecified atom stereocenters. The highest BCUT2D eigenvalue weighted by Gasteiger charge is 2.20. The van der Waals surface area contributed by atoms with Gasteiger partial charge in [0.25, 0.3) is 0 Å². The summed E-state index contributed by atoms with van der Waals surface area (Å²) < 4.78 is 13.5. The van der Waals surface area contributed by atoms with Crippen LogP contribution in [0.3, 0.4) is 0 Å². The lowest BCUT2D eigenvalue weighted by Gasteiger charge is -2.13. The fourth-order valence-electron chi connectivity index (χ4n) is 1.67. The Morgan fingerprint density at radius 1 is 1.27 bits per heavy atom. The molecular weight excluding hydrogens is 307 g/mol. The number of nitrogens with zero attached hydrogens (tertiary/aromatic N) is 1. The first-order chi connectivity index (χ1) is 10.5. The summed E-state index contributed by atoms with van der Waals surface area (Å²) in [6.45, 7) is 1.60. The number of halogens is 1. The Kier molecular flexibility index (Phi) is 5.11. The number of carboxylic acid groups (broad SMARTS) is 1. The number of benzene rings is 1. The summed E-state index contributed by atoms with van der Waals surface area (Å²) in [4.78, 5) is 27.2. The maximum absolute atomic E-state index is 13.5. The molecule has 2 aromatic rings. The number of anilines is 1. The molecule has 0 aliphatic heterocycles. The number of carbonyl (C=O) groups excluding carboxylic acids is 1. The van der Waals surface area contributed by atoms with Crippen molar-refractivity contribution in [3.05, 3.63) is 54.0 Å². The second-order valence-corrected chi connectivity index (χ2v) is 5.72.